The average molecular weight is 471 g/mol. The van der Waals surface area contributed by atoms with Crippen LogP contribution < -0.4 is 15.8 Å². The molecule has 6 nitrogen and oxygen atoms in total. The van der Waals surface area contributed by atoms with Gasteiger partial charge in [-0.05, 0) is 59.9 Å². The number of halogens is 2. The van der Waals surface area contributed by atoms with E-state index in [1.165, 1.54) is 13.2 Å². The van der Waals surface area contributed by atoms with Crippen LogP contribution >= 0.6 is 12.4 Å². The maximum Gasteiger partial charge on any atom is 0.322 e. The fraction of sp³-hybridized carbons (Fsp3) is 0.200. The summed E-state index contributed by atoms with van der Waals surface area (Å²) in [5.41, 5.74) is 9.04. The molecule has 0 radical (unpaired) electrons. The van der Waals surface area contributed by atoms with E-state index in [4.69, 9.17) is 10.5 Å². The number of nitrogens with two attached hydrogens (primary N) is 1. The monoisotopic (exact) mass is 470 g/mol. The second-order valence-electron chi connectivity index (χ2n) is 7.68. The van der Waals surface area contributed by atoms with Gasteiger partial charge >= 0.3 is 5.97 Å². The molecule has 0 spiro atoms. The summed E-state index contributed by atoms with van der Waals surface area (Å²) in [4.78, 5) is 23.8. The van der Waals surface area contributed by atoms with Crippen LogP contribution in [0.15, 0.2) is 66.7 Å². The minimum absolute atomic E-state index is 0. The molecule has 0 fully saturated rings. The molecule has 0 saturated carbocycles. The van der Waals surface area contributed by atoms with Crippen LogP contribution in [0.5, 0.6) is 11.5 Å². The van der Waals surface area contributed by atoms with Crippen molar-refractivity contribution in [2.75, 3.05) is 12.4 Å². The Labute approximate surface area is 197 Å². The summed E-state index contributed by atoms with van der Waals surface area (Å²) in [6, 6.07) is 18.4. The molecule has 0 aliphatic carbocycles. The molecule has 3 N–H and O–H groups in total. The second-order valence-corrected chi connectivity index (χ2v) is 7.68. The molecular weight excluding hydrogens is 447 g/mol. The van der Waals surface area contributed by atoms with Gasteiger partial charge in [-0.25, -0.2) is 4.39 Å². The second kappa shape index (κ2) is 10.5. The molecule has 0 bridgehead atoms. The van der Waals surface area contributed by atoms with Gasteiger partial charge in [-0.2, -0.15) is 0 Å². The molecule has 1 heterocycles. The van der Waals surface area contributed by atoms with Gasteiger partial charge in [0.1, 0.15) is 11.8 Å². The summed E-state index contributed by atoms with van der Waals surface area (Å²) in [7, 11) is 1.29. The topological polar surface area (TPSA) is 90.7 Å². The molecule has 0 saturated heterocycles. The number of carbonyl (C=O) groups excluding carboxylic acids is 2. The van der Waals surface area contributed by atoms with Gasteiger partial charge in [0.15, 0.2) is 11.6 Å². The third kappa shape index (κ3) is 5.50. The van der Waals surface area contributed by atoms with E-state index >= 15 is 0 Å². The minimum Gasteiger partial charge on any atom is -0.468 e. The number of hydrogen-bond donors (Lipinski definition) is 2. The number of nitrogens with one attached hydrogen (secondary N) is 1. The van der Waals surface area contributed by atoms with E-state index in [2.05, 4.69) is 10.1 Å². The summed E-state index contributed by atoms with van der Waals surface area (Å²) in [5.74, 6) is -0.877. The number of ether oxygens (including phenoxy) is 2. The van der Waals surface area contributed by atoms with Crippen LogP contribution in [0.1, 0.15) is 22.6 Å². The van der Waals surface area contributed by atoms with E-state index in [1.807, 2.05) is 24.3 Å². The van der Waals surface area contributed by atoms with Crippen molar-refractivity contribution in [2.45, 2.75) is 24.8 Å². The van der Waals surface area contributed by atoms with Gasteiger partial charge in [0.25, 0.3) is 0 Å². The quantitative estimate of drug-likeness (QED) is 0.501. The number of amides is 1. The maximum atomic E-state index is 14.7. The zero-order chi connectivity index (χ0) is 22.7. The molecular formula is C25H24ClFN2O4. The van der Waals surface area contributed by atoms with Crippen molar-refractivity contribution in [3.05, 3.63) is 89.2 Å². The number of para-hydroxylation sites is 1. The van der Waals surface area contributed by atoms with Crippen LogP contribution in [0.4, 0.5) is 10.1 Å². The van der Waals surface area contributed by atoms with Crippen molar-refractivity contribution >= 4 is 30.0 Å². The molecule has 3 aromatic carbocycles. The molecule has 1 aliphatic heterocycles. The molecule has 4 rings (SSSR count). The van der Waals surface area contributed by atoms with Crippen LogP contribution in [0.2, 0.25) is 0 Å². The SMILES string of the molecule is COC(=O)C(N)Cc1ccc(Oc2ccc(CC3C(=O)Nc4ccccc43)cc2F)cc1.Cl. The Morgan fingerprint density at radius 3 is 2.48 bits per heavy atom. The number of fused-ring (bicyclic) bond motifs is 1. The Bertz CT molecular complexity index is 1150. The van der Waals surface area contributed by atoms with E-state index in [9.17, 15) is 14.0 Å². The van der Waals surface area contributed by atoms with E-state index in [0.717, 1.165) is 16.8 Å². The van der Waals surface area contributed by atoms with Crippen molar-refractivity contribution in [3.63, 3.8) is 0 Å². The first-order chi connectivity index (χ1) is 15.4. The number of carbonyl (C=O) groups is 2. The minimum atomic E-state index is -0.745. The molecule has 172 valence electrons. The lowest BCUT2D eigenvalue weighted by atomic mass is 9.93. The zero-order valence-electron chi connectivity index (χ0n) is 17.9. The molecule has 0 aromatic heterocycles. The standard InChI is InChI=1S/C25H23FN2O4.ClH/c1-31-25(30)21(27)14-15-6-9-17(10-7-15)32-23-11-8-16(13-20(23)26)12-19-18-4-2-3-5-22(18)28-24(19)29;/h2-11,13,19,21H,12,14,27H2,1H3,(H,28,29);1H. The third-order valence-corrected chi connectivity index (χ3v) is 5.46. The maximum absolute atomic E-state index is 14.7. The van der Waals surface area contributed by atoms with Gasteiger partial charge < -0.3 is 20.5 Å². The Morgan fingerprint density at radius 1 is 1.09 bits per heavy atom. The van der Waals surface area contributed by atoms with Crippen molar-refractivity contribution in [2.24, 2.45) is 5.73 Å². The van der Waals surface area contributed by atoms with Crippen molar-refractivity contribution in [1.29, 1.82) is 0 Å². The van der Waals surface area contributed by atoms with Crippen LogP contribution in [0, 0.1) is 5.82 Å². The van der Waals surface area contributed by atoms with Gasteiger partial charge in [-0.1, -0.05) is 36.4 Å². The fourth-order valence-electron chi connectivity index (χ4n) is 3.78. The van der Waals surface area contributed by atoms with Gasteiger partial charge in [0.2, 0.25) is 5.91 Å². The first kappa shape index (κ1) is 24.2. The lowest BCUT2D eigenvalue weighted by Crippen LogP contribution is -2.33. The number of methoxy groups -OCH3 is 1. The Morgan fingerprint density at radius 2 is 1.79 bits per heavy atom. The predicted molar refractivity (Wildman–Crippen MR) is 125 cm³/mol. The summed E-state index contributed by atoms with van der Waals surface area (Å²) < 4.78 is 25.0. The molecule has 33 heavy (non-hydrogen) atoms. The number of rotatable bonds is 7. The molecule has 3 aromatic rings. The molecule has 1 aliphatic rings. The lowest BCUT2D eigenvalue weighted by Gasteiger charge is -2.12. The highest BCUT2D eigenvalue weighted by molar-refractivity contribution is 6.03. The summed E-state index contributed by atoms with van der Waals surface area (Å²) in [6.07, 6.45) is 0.725. The van der Waals surface area contributed by atoms with E-state index in [1.54, 1.807) is 36.4 Å². The van der Waals surface area contributed by atoms with Gasteiger partial charge in [0, 0.05) is 5.69 Å². The summed E-state index contributed by atoms with van der Waals surface area (Å²) >= 11 is 0. The van der Waals surface area contributed by atoms with Crippen molar-refractivity contribution in [1.82, 2.24) is 0 Å². The third-order valence-electron chi connectivity index (χ3n) is 5.46. The molecule has 2 atom stereocenters. The van der Waals surface area contributed by atoms with Crippen LogP contribution in [-0.4, -0.2) is 25.0 Å². The Hall–Kier alpha value is -3.42. The van der Waals surface area contributed by atoms with Crippen LogP contribution in [0.25, 0.3) is 0 Å². The zero-order valence-corrected chi connectivity index (χ0v) is 18.7. The van der Waals surface area contributed by atoms with Gasteiger partial charge in [-0.15, -0.1) is 12.4 Å². The van der Waals surface area contributed by atoms with Gasteiger partial charge in [-0.3, -0.25) is 9.59 Å². The van der Waals surface area contributed by atoms with E-state index < -0.39 is 17.8 Å². The molecule has 2 unspecified atom stereocenters. The lowest BCUT2D eigenvalue weighted by molar-refractivity contribution is -0.142. The largest absolute Gasteiger partial charge is 0.468 e. The number of hydrogen-bond acceptors (Lipinski definition) is 5. The fourth-order valence-corrected chi connectivity index (χ4v) is 3.78. The van der Waals surface area contributed by atoms with E-state index in [0.29, 0.717) is 24.2 Å². The first-order valence-electron chi connectivity index (χ1n) is 10.2. The predicted octanol–water partition coefficient (Wildman–Crippen LogP) is 4.36. The first-order valence-corrected chi connectivity index (χ1v) is 10.2. The van der Waals surface area contributed by atoms with Crippen molar-refractivity contribution < 1.29 is 23.5 Å². The smallest absolute Gasteiger partial charge is 0.322 e. The van der Waals surface area contributed by atoms with Crippen molar-refractivity contribution in [3.8, 4) is 11.5 Å². The number of benzene rings is 3. The van der Waals surface area contributed by atoms with E-state index in [-0.39, 0.29) is 30.0 Å². The normalized spacial score (nSPS) is 15.1. The highest BCUT2D eigenvalue weighted by Gasteiger charge is 2.30. The number of anilines is 1. The highest BCUT2D eigenvalue weighted by Crippen LogP contribution is 2.35. The Balaban J connectivity index is 0.00000306. The highest BCUT2D eigenvalue weighted by atomic mass is 35.5. The summed E-state index contributed by atoms with van der Waals surface area (Å²) in [5, 5.41) is 2.86. The van der Waals surface area contributed by atoms with Gasteiger partial charge in [0.05, 0.1) is 13.0 Å². The number of esters is 1. The molecule has 8 heteroatoms. The molecule has 1 amide bonds. The van der Waals surface area contributed by atoms with Crippen LogP contribution in [0.3, 0.4) is 0 Å². The Kier molecular flexibility index (Phi) is 7.68. The summed E-state index contributed by atoms with van der Waals surface area (Å²) in [6.45, 7) is 0. The van der Waals surface area contributed by atoms with Crippen LogP contribution in [-0.2, 0) is 27.2 Å². The average Bonchev–Trinajstić information content (AvgIpc) is 3.11.